The van der Waals surface area contributed by atoms with E-state index in [2.05, 4.69) is 16.3 Å². The van der Waals surface area contributed by atoms with Crippen molar-refractivity contribution in [2.45, 2.75) is 58.1 Å². The van der Waals surface area contributed by atoms with E-state index >= 15 is 0 Å². The van der Waals surface area contributed by atoms with Crippen LogP contribution in [0.2, 0.25) is 0 Å². The molecular weight excluding hydrogens is 242 g/mol. The molecule has 0 aromatic rings. The van der Waals surface area contributed by atoms with Crippen LogP contribution >= 0.6 is 0 Å². The SMILES string of the molecule is CC(C)(C)OC(=O)NCCCN1CCCC1CC#N. The minimum Gasteiger partial charge on any atom is -0.444 e. The normalized spacial score (nSPS) is 20.0. The molecule has 0 aliphatic carbocycles. The molecule has 1 aliphatic rings. The maximum Gasteiger partial charge on any atom is 0.407 e. The number of rotatable bonds is 5. The van der Waals surface area contributed by atoms with Crippen LogP contribution in [0.5, 0.6) is 0 Å². The average molecular weight is 267 g/mol. The van der Waals surface area contributed by atoms with Gasteiger partial charge in [-0.15, -0.1) is 0 Å². The first kappa shape index (κ1) is 15.8. The largest absolute Gasteiger partial charge is 0.444 e. The number of carbonyl (C=O) groups excluding carboxylic acids is 1. The van der Waals surface area contributed by atoms with Gasteiger partial charge < -0.3 is 10.1 Å². The van der Waals surface area contributed by atoms with Gasteiger partial charge in [0.05, 0.1) is 12.5 Å². The summed E-state index contributed by atoms with van der Waals surface area (Å²) in [6.45, 7) is 8.17. The molecule has 19 heavy (non-hydrogen) atoms. The second-order valence-corrected chi connectivity index (χ2v) is 5.98. The molecule has 1 aliphatic heterocycles. The van der Waals surface area contributed by atoms with Gasteiger partial charge in [-0.1, -0.05) is 0 Å². The quantitative estimate of drug-likeness (QED) is 0.776. The monoisotopic (exact) mass is 267 g/mol. The summed E-state index contributed by atoms with van der Waals surface area (Å²) in [5, 5.41) is 11.5. The fraction of sp³-hybridized carbons (Fsp3) is 0.857. The third-order valence-corrected chi connectivity index (χ3v) is 3.12. The summed E-state index contributed by atoms with van der Waals surface area (Å²) < 4.78 is 5.16. The molecule has 0 radical (unpaired) electrons. The van der Waals surface area contributed by atoms with Crippen LogP contribution in [0.1, 0.15) is 46.5 Å². The molecule has 108 valence electrons. The van der Waals surface area contributed by atoms with Gasteiger partial charge in [-0.25, -0.2) is 4.79 Å². The second kappa shape index (κ2) is 7.34. The summed E-state index contributed by atoms with van der Waals surface area (Å²) in [6.07, 6.45) is 3.43. The summed E-state index contributed by atoms with van der Waals surface area (Å²) in [5.74, 6) is 0. The van der Waals surface area contributed by atoms with Crippen molar-refractivity contribution < 1.29 is 9.53 Å². The Morgan fingerprint density at radius 2 is 2.26 bits per heavy atom. The predicted molar refractivity (Wildman–Crippen MR) is 73.7 cm³/mol. The molecule has 1 amide bonds. The van der Waals surface area contributed by atoms with Crippen molar-refractivity contribution in [2.24, 2.45) is 0 Å². The lowest BCUT2D eigenvalue weighted by atomic mass is 10.1. The van der Waals surface area contributed by atoms with Crippen LogP contribution in [0.3, 0.4) is 0 Å². The first-order chi connectivity index (χ1) is 8.92. The standard InChI is InChI=1S/C14H25N3O2/c1-14(2,3)19-13(18)16-9-5-11-17-10-4-6-12(17)7-8-15/h12H,4-7,9-11H2,1-3H3,(H,16,18). The second-order valence-electron chi connectivity index (χ2n) is 5.98. The zero-order valence-corrected chi connectivity index (χ0v) is 12.2. The molecule has 1 fully saturated rings. The molecule has 0 bridgehead atoms. The van der Waals surface area contributed by atoms with Crippen molar-refractivity contribution >= 4 is 6.09 Å². The highest BCUT2D eigenvalue weighted by Gasteiger charge is 2.23. The lowest BCUT2D eigenvalue weighted by molar-refractivity contribution is 0.0525. The molecule has 0 saturated carbocycles. The van der Waals surface area contributed by atoms with E-state index in [0.29, 0.717) is 19.0 Å². The number of hydrogen-bond acceptors (Lipinski definition) is 4. The average Bonchev–Trinajstić information content (AvgIpc) is 2.70. The van der Waals surface area contributed by atoms with Crippen LogP contribution in [0.25, 0.3) is 0 Å². The van der Waals surface area contributed by atoms with Gasteiger partial charge >= 0.3 is 6.09 Å². The third kappa shape index (κ3) is 6.44. The van der Waals surface area contributed by atoms with E-state index in [1.54, 1.807) is 0 Å². The van der Waals surface area contributed by atoms with Gasteiger partial charge in [0.2, 0.25) is 0 Å². The Bertz CT molecular complexity index is 331. The predicted octanol–water partition coefficient (Wildman–Crippen LogP) is 2.28. The highest BCUT2D eigenvalue weighted by atomic mass is 16.6. The van der Waals surface area contributed by atoms with Gasteiger partial charge in [-0.3, -0.25) is 4.90 Å². The van der Waals surface area contributed by atoms with E-state index in [-0.39, 0.29) is 6.09 Å². The third-order valence-electron chi connectivity index (χ3n) is 3.12. The van der Waals surface area contributed by atoms with Crippen molar-refractivity contribution in [2.75, 3.05) is 19.6 Å². The fourth-order valence-corrected chi connectivity index (χ4v) is 2.31. The van der Waals surface area contributed by atoms with Crippen molar-refractivity contribution in [3.05, 3.63) is 0 Å². The van der Waals surface area contributed by atoms with Crippen LogP contribution in [0.15, 0.2) is 0 Å². The molecule has 1 saturated heterocycles. The molecule has 0 aromatic heterocycles. The molecule has 5 nitrogen and oxygen atoms in total. The molecule has 1 N–H and O–H groups in total. The van der Waals surface area contributed by atoms with Crippen molar-refractivity contribution in [1.29, 1.82) is 5.26 Å². The highest BCUT2D eigenvalue weighted by molar-refractivity contribution is 5.67. The number of nitrogens with zero attached hydrogens (tertiary/aromatic N) is 2. The van der Waals surface area contributed by atoms with Crippen molar-refractivity contribution in [3.63, 3.8) is 0 Å². The number of nitriles is 1. The number of hydrogen-bond donors (Lipinski definition) is 1. The summed E-state index contributed by atoms with van der Waals surface area (Å²) >= 11 is 0. The molecule has 1 rings (SSSR count). The molecular formula is C14H25N3O2. The number of carbonyl (C=O) groups is 1. The van der Waals surface area contributed by atoms with Crippen LogP contribution in [-0.2, 0) is 4.74 Å². The molecule has 1 unspecified atom stereocenters. The van der Waals surface area contributed by atoms with Gasteiger partial charge in [0.25, 0.3) is 0 Å². The van der Waals surface area contributed by atoms with Gasteiger partial charge in [0.1, 0.15) is 5.60 Å². The van der Waals surface area contributed by atoms with E-state index < -0.39 is 5.60 Å². The molecule has 0 spiro atoms. The summed E-state index contributed by atoms with van der Waals surface area (Å²) in [5.41, 5.74) is -0.447. The maximum atomic E-state index is 11.4. The number of nitrogens with one attached hydrogen (secondary N) is 1. The Morgan fingerprint density at radius 1 is 1.53 bits per heavy atom. The zero-order valence-electron chi connectivity index (χ0n) is 12.2. The Kier molecular flexibility index (Phi) is 6.10. The minimum atomic E-state index is -0.447. The minimum absolute atomic E-state index is 0.359. The molecule has 0 aromatic carbocycles. The molecule has 1 atom stereocenters. The van der Waals surface area contributed by atoms with Gasteiger partial charge in [-0.05, 0) is 46.6 Å². The van der Waals surface area contributed by atoms with E-state index in [1.165, 1.54) is 6.42 Å². The van der Waals surface area contributed by atoms with Gasteiger partial charge in [-0.2, -0.15) is 5.26 Å². The number of likely N-dealkylation sites (tertiary alicyclic amines) is 1. The Morgan fingerprint density at radius 3 is 2.89 bits per heavy atom. The molecule has 1 heterocycles. The van der Waals surface area contributed by atoms with Crippen LogP contribution < -0.4 is 5.32 Å². The van der Waals surface area contributed by atoms with Crippen LogP contribution in [0, 0.1) is 11.3 Å². The van der Waals surface area contributed by atoms with Crippen molar-refractivity contribution in [1.82, 2.24) is 10.2 Å². The van der Waals surface area contributed by atoms with Crippen molar-refractivity contribution in [3.8, 4) is 6.07 Å². The lowest BCUT2D eigenvalue weighted by Crippen LogP contribution is -2.35. The Labute approximate surface area is 115 Å². The summed E-state index contributed by atoms with van der Waals surface area (Å²) in [6, 6.07) is 2.65. The number of alkyl carbamates (subject to hydrolysis) is 1. The Balaban J connectivity index is 2.14. The first-order valence-corrected chi connectivity index (χ1v) is 7.00. The lowest BCUT2D eigenvalue weighted by Gasteiger charge is -2.23. The number of ether oxygens (including phenoxy) is 1. The van der Waals surface area contributed by atoms with Crippen LogP contribution in [-0.4, -0.2) is 42.3 Å². The van der Waals surface area contributed by atoms with E-state index in [0.717, 1.165) is 25.9 Å². The summed E-state index contributed by atoms with van der Waals surface area (Å²) in [7, 11) is 0. The first-order valence-electron chi connectivity index (χ1n) is 7.00. The van der Waals surface area contributed by atoms with Gasteiger partial charge in [0, 0.05) is 19.1 Å². The highest BCUT2D eigenvalue weighted by Crippen LogP contribution is 2.19. The smallest absolute Gasteiger partial charge is 0.407 e. The molecule has 5 heteroatoms. The Hall–Kier alpha value is -1.28. The van der Waals surface area contributed by atoms with E-state index in [9.17, 15) is 4.79 Å². The number of amides is 1. The zero-order chi connectivity index (χ0) is 14.3. The maximum absolute atomic E-state index is 11.4. The van der Waals surface area contributed by atoms with Crippen LogP contribution in [0.4, 0.5) is 4.79 Å². The topological polar surface area (TPSA) is 65.4 Å². The van der Waals surface area contributed by atoms with E-state index in [1.807, 2.05) is 20.8 Å². The fourth-order valence-electron chi connectivity index (χ4n) is 2.31. The summed E-state index contributed by atoms with van der Waals surface area (Å²) in [4.78, 5) is 13.8. The van der Waals surface area contributed by atoms with E-state index in [4.69, 9.17) is 10.00 Å². The van der Waals surface area contributed by atoms with Gasteiger partial charge in [0.15, 0.2) is 0 Å².